The molecule has 0 radical (unpaired) electrons. The minimum atomic E-state index is -0.288. The van der Waals surface area contributed by atoms with Crippen molar-refractivity contribution in [1.29, 1.82) is 0 Å². The monoisotopic (exact) mass is 259 g/mol. The summed E-state index contributed by atoms with van der Waals surface area (Å²) in [6.45, 7) is 8.64. The summed E-state index contributed by atoms with van der Waals surface area (Å²) in [7, 11) is 1.36. The zero-order chi connectivity index (χ0) is 13.6. The zero-order valence-corrected chi connectivity index (χ0v) is 11.9. The lowest BCUT2D eigenvalue weighted by Crippen LogP contribution is -2.40. The van der Waals surface area contributed by atoms with E-state index in [0.717, 1.165) is 32.4 Å². The van der Waals surface area contributed by atoms with Crippen LogP contribution < -0.4 is 0 Å². The Balaban J connectivity index is 2.43. The molecule has 0 aromatic carbocycles. The highest BCUT2D eigenvalue weighted by atomic mass is 17.2. The van der Waals surface area contributed by atoms with Crippen LogP contribution in [-0.2, 0) is 19.3 Å². The largest absolute Gasteiger partial charge is 0.376 e. The summed E-state index contributed by atoms with van der Waals surface area (Å²) in [5.74, 6) is -0.288. The maximum absolute atomic E-state index is 11.7. The number of nitrogens with zero attached hydrogens (tertiary/aromatic N) is 1. The number of carbonyl (C=O) groups excluding carboxylic acids is 1. The fourth-order valence-electron chi connectivity index (χ4n) is 2.37. The summed E-state index contributed by atoms with van der Waals surface area (Å²) < 4.78 is 5.66. The van der Waals surface area contributed by atoms with Crippen molar-refractivity contribution in [3.8, 4) is 0 Å². The molecule has 0 saturated carbocycles. The molecule has 1 heterocycles. The Kier molecular flexibility index (Phi) is 6.05. The number of hydrogen-bond donors (Lipinski definition) is 0. The molecule has 0 spiro atoms. The second-order valence-corrected chi connectivity index (χ2v) is 5.21. The summed E-state index contributed by atoms with van der Waals surface area (Å²) in [6.07, 6.45) is 2.77. The lowest BCUT2D eigenvalue weighted by Gasteiger charge is -2.29. The van der Waals surface area contributed by atoms with Gasteiger partial charge in [0.15, 0.2) is 0 Å². The van der Waals surface area contributed by atoms with Crippen molar-refractivity contribution in [2.24, 2.45) is 0 Å². The molecule has 0 aromatic heterocycles. The van der Waals surface area contributed by atoms with E-state index in [2.05, 4.69) is 28.5 Å². The van der Waals surface area contributed by atoms with Crippen molar-refractivity contribution < 1.29 is 19.3 Å². The third kappa shape index (κ3) is 4.55. The molecule has 0 aromatic rings. The van der Waals surface area contributed by atoms with Gasteiger partial charge in [-0.25, -0.2) is 4.79 Å². The smallest absolute Gasteiger partial charge is 0.359 e. The van der Waals surface area contributed by atoms with Gasteiger partial charge in [0, 0.05) is 13.2 Å². The van der Waals surface area contributed by atoms with Gasteiger partial charge in [-0.05, 0) is 46.6 Å². The predicted molar refractivity (Wildman–Crippen MR) is 68.0 cm³/mol. The lowest BCUT2D eigenvalue weighted by molar-refractivity contribution is -0.259. The van der Waals surface area contributed by atoms with Gasteiger partial charge in [-0.2, -0.15) is 4.89 Å². The first-order valence-electron chi connectivity index (χ1n) is 6.62. The molecule has 0 amide bonds. The molecule has 5 heteroatoms. The van der Waals surface area contributed by atoms with E-state index in [1.54, 1.807) is 0 Å². The molecular formula is C13H25NO4. The van der Waals surface area contributed by atoms with Crippen LogP contribution in [0.1, 0.15) is 40.0 Å². The minimum Gasteiger partial charge on any atom is -0.376 e. The normalized spacial score (nSPS) is 21.2. The summed E-state index contributed by atoms with van der Waals surface area (Å²) in [6, 6.07) is -0.164. The van der Waals surface area contributed by atoms with Crippen molar-refractivity contribution >= 4 is 5.97 Å². The summed E-state index contributed by atoms with van der Waals surface area (Å²) >= 11 is 0. The Hall–Kier alpha value is -0.650. The van der Waals surface area contributed by atoms with Crippen molar-refractivity contribution in [2.75, 3.05) is 26.8 Å². The topological polar surface area (TPSA) is 48.0 Å². The maximum atomic E-state index is 11.7. The van der Waals surface area contributed by atoms with Gasteiger partial charge in [-0.1, -0.05) is 0 Å². The fraction of sp³-hybridized carbons (Fsp3) is 0.923. The Labute approximate surface area is 109 Å². The molecule has 0 bridgehead atoms. The first-order chi connectivity index (χ1) is 8.50. The van der Waals surface area contributed by atoms with Crippen LogP contribution in [0.3, 0.4) is 0 Å². The quantitative estimate of drug-likeness (QED) is 0.515. The van der Waals surface area contributed by atoms with Gasteiger partial charge >= 0.3 is 5.97 Å². The van der Waals surface area contributed by atoms with Crippen molar-refractivity contribution in [3.63, 3.8) is 0 Å². The average Bonchev–Trinajstić information content (AvgIpc) is 2.75. The van der Waals surface area contributed by atoms with Gasteiger partial charge in [0.1, 0.15) is 6.04 Å². The molecule has 1 rings (SSSR count). The molecule has 1 unspecified atom stereocenters. The van der Waals surface area contributed by atoms with Gasteiger partial charge in [-0.15, -0.1) is 0 Å². The molecular weight excluding hydrogens is 234 g/mol. The van der Waals surface area contributed by atoms with E-state index in [1.807, 2.05) is 6.92 Å². The van der Waals surface area contributed by atoms with E-state index in [-0.39, 0.29) is 17.6 Å². The molecule has 5 nitrogen and oxygen atoms in total. The van der Waals surface area contributed by atoms with E-state index in [9.17, 15) is 4.79 Å². The summed E-state index contributed by atoms with van der Waals surface area (Å²) in [5.41, 5.74) is -0.146. The van der Waals surface area contributed by atoms with E-state index >= 15 is 0 Å². The van der Waals surface area contributed by atoms with E-state index in [4.69, 9.17) is 4.74 Å². The van der Waals surface area contributed by atoms with Crippen molar-refractivity contribution in [2.45, 2.75) is 51.7 Å². The zero-order valence-electron chi connectivity index (χ0n) is 11.9. The first-order valence-corrected chi connectivity index (χ1v) is 6.62. The Morgan fingerprint density at radius 1 is 1.44 bits per heavy atom. The number of rotatable bonds is 7. The molecule has 106 valence electrons. The molecule has 1 aliphatic heterocycles. The van der Waals surface area contributed by atoms with Gasteiger partial charge in [0.05, 0.1) is 12.7 Å². The fourth-order valence-corrected chi connectivity index (χ4v) is 2.37. The third-order valence-electron chi connectivity index (χ3n) is 3.34. The molecule has 0 N–H and O–H groups in total. The SMILES string of the molecule is CCOC(C)(C)CCN1CCCC1C(=O)OOC. The summed E-state index contributed by atoms with van der Waals surface area (Å²) in [4.78, 5) is 22.9. The average molecular weight is 259 g/mol. The van der Waals surface area contributed by atoms with Gasteiger partial charge in [-0.3, -0.25) is 9.79 Å². The number of carbonyl (C=O) groups is 1. The van der Waals surface area contributed by atoms with Crippen LogP contribution in [0.15, 0.2) is 0 Å². The van der Waals surface area contributed by atoms with Crippen LogP contribution in [-0.4, -0.2) is 49.3 Å². The third-order valence-corrected chi connectivity index (χ3v) is 3.34. The predicted octanol–water partition coefficient (Wildman–Crippen LogP) is 1.76. The van der Waals surface area contributed by atoms with Crippen LogP contribution in [0.4, 0.5) is 0 Å². The van der Waals surface area contributed by atoms with E-state index in [0.29, 0.717) is 6.61 Å². The maximum Gasteiger partial charge on any atom is 0.359 e. The van der Waals surface area contributed by atoms with Crippen LogP contribution >= 0.6 is 0 Å². The number of ether oxygens (including phenoxy) is 1. The number of hydrogen-bond acceptors (Lipinski definition) is 5. The van der Waals surface area contributed by atoms with E-state index < -0.39 is 0 Å². The van der Waals surface area contributed by atoms with Crippen molar-refractivity contribution in [1.82, 2.24) is 4.90 Å². The van der Waals surface area contributed by atoms with E-state index in [1.165, 1.54) is 7.11 Å². The van der Waals surface area contributed by atoms with Crippen LogP contribution in [0.5, 0.6) is 0 Å². The standard InChI is InChI=1S/C13H25NO4/c1-5-17-13(2,3)8-10-14-9-6-7-11(14)12(15)18-16-4/h11H,5-10H2,1-4H3. The molecule has 1 saturated heterocycles. The van der Waals surface area contributed by atoms with Crippen LogP contribution in [0, 0.1) is 0 Å². The molecule has 1 aliphatic rings. The van der Waals surface area contributed by atoms with Gasteiger partial charge < -0.3 is 4.74 Å². The minimum absolute atomic E-state index is 0.146. The van der Waals surface area contributed by atoms with Gasteiger partial charge in [0.25, 0.3) is 0 Å². The molecule has 0 aliphatic carbocycles. The Bertz CT molecular complexity index is 268. The second-order valence-electron chi connectivity index (χ2n) is 5.21. The lowest BCUT2D eigenvalue weighted by atomic mass is 10.0. The summed E-state index contributed by atoms with van der Waals surface area (Å²) in [5, 5.41) is 0. The second kappa shape index (κ2) is 7.07. The highest BCUT2D eigenvalue weighted by molar-refractivity contribution is 5.75. The molecule has 18 heavy (non-hydrogen) atoms. The van der Waals surface area contributed by atoms with Crippen LogP contribution in [0.25, 0.3) is 0 Å². The first kappa shape index (κ1) is 15.4. The Morgan fingerprint density at radius 2 is 2.17 bits per heavy atom. The molecule has 1 fully saturated rings. The Morgan fingerprint density at radius 3 is 2.78 bits per heavy atom. The molecule has 1 atom stereocenters. The number of likely N-dealkylation sites (tertiary alicyclic amines) is 1. The van der Waals surface area contributed by atoms with Crippen LogP contribution in [0.2, 0.25) is 0 Å². The van der Waals surface area contributed by atoms with Gasteiger partial charge in [0.2, 0.25) is 0 Å². The highest BCUT2D eigenvalue weighted by Crippen LogP contribution is 2.22. The van der Waals surface area contributed by atoms with Crippen molar-refractivity contribution in [3.05, 3.63) is 0 Å². The highest BCUT2D eigenvalue weighted by Gasteiger charge is 2.33.